The molecule has 0 amide bonds. The summed E-state index contributed by atoms with van der Waals surface area (Å²) in [5, 5.41) is 10.2. The van der Waals surface area contributed by atoms with Gasteiger partial charge in [-0.2, -0.15) is 0 Å². The van der Waals surface area contributed by atoms with E-state index in [1.54, 1.807) is 6.08 Å². The average molecular weight is 448 g/mol. The molecule has 1 aliphatic carbocycles. The number of halogens is 6. The van der Waals surface area contributed by atoms with Crippen LogP contribution in [0, 0.1) is 41.6 Å². The van der Waals surface area contributed by atoms with E-state index in [4.69, 9.17) is 27.9 Å². The Bertz CT molecular complexity index is 661. The molecule has 1 aromatic rings. The second kappa shape index (κ2) is 7.16. The SMILES string of the molecule is Cc1c(F)c(F)c(COC(O)C2C(C=C(Cl)Cl)C2(C)C)c(Br)c1F. The van der Waals surface area contributed by atoms with Crippen molar-refractivity contribution in [3.05, 3.63) is 43.6 Å². The van der Waals surface area contributed by atoms with Gasteiger partial charge in [0.05, 0.1) is 11.1 Å². The lowest BCUT2D eigenvalue weighted by molar-refractivity contribution is -0.129. The Morgan fingerprint density at radius 1 is 1.29 bits per heavy atom. The zero-order valence-corrected chi connectivity index (χ0v) is 16.2. The van der Waals surface area contributed by atoms with Crippen LogP contribution < -0.4 is 0 Å². The molecule has 3 atom stereocenters. The van der Waals surface area contributed by atoms with Gasteiger partial charge in [0.2, 0.25) is 0 Å². The van der Waals surface area contributed by atoms with Crippen molar-refractivity contribution in [3.63, 3.8) is 0 Å². The molecular formula is C16H16BrCl2F3O2. The molecule has 1 aromatic carbocycles. The quantitative estimate of drug-likeness (QED) is 0.470. The lowest BCUT2D eigenvalue weighted by atomic mass is 10.1. The van der Waals surface area contributed by atoms with Crippen molar-refractivity contribution in [3.8, 4) is 0 Å². The molecule has 8 heteroatoms. The van der Waals surface area contributed by atoms with Crippen LogP contribution in [0.4, 0.5) is 13.2 Å². The van der Waals surface area contributed by atoms with Gasteiger partial charge in [-0.15, -0.1) is 0 Å². The predicted octanol–water partition coefficient (Wildman–Crippen LogP) is 5.60. The molecule has 1 saturated carbocycles. The van der Waals surface area contributed by atoms with Gasteiger partial charge in [0.15, 0.2) is 17.9 Å². The fourth-order valence-electron chi connectivity index (χ4n) is 2.90. The number of aliphatic hydroxyl groups excluding tert-OH is 1. The van der Waals surface area contributed by atoms with Crippen molar-refractivity contribution in [2.75, 3.05) is 0 Å². The third-order valence-electron chi connectivity index (χ3n) is 4.58. The van der Waals surface area contributed by atoms with Crippen molar-refractivity contribution in [2.24, 2.45) is 17.3 Å². The van der Waals surface area contributed by atoms with Gasteiger partial charge in [-0.25, -0.2) is 13.2 Å². The number of benzene rings is 1. The second-order valence-electron chi connectivity index (χ2n) is 6.39. The molecule has 3 unspecified atom stereocenters. The summed E-state index contributed by atoms with van der Waals surface area (Å²) in [6.07, 6.45) is 0.342. The highest BCUT2D eigenvalue weighted by molar-refractivity contribution is 9.10. The van der Waals surface area contributed by atoms with Gasteiger partial charge in [0.1, 0.15) is 10.3 Å². The van der Waals surface area contributed by atoms with E-state index in [1.165, 1.54) is 0 Å². The molecule has 2 nitrogen and oxygen atoms in total. The summed E-state index contributed by atoms with van der Waals surface area (Å²) in [4.78, 5) is 0. The molecule has 0 saturated heterocycles. The van der Waals surface area contributed by atoms with Crippen LogP contribution in [-0.2, 0) is 11.3 Å². The number of hydrogen-bond donors (Lipinski definition) is 1. The summed E-state index contributed by atoms with van der Waals surface area (Å²) in [5.74, 6) is -3.80. The average Bonchev–Trinajstić information content (AvgIpc) is 3.02. The molecule has 0 aliphatic heterocycles. The van der Waals surface area contributed by atoms with Gasteiger partial charge in [-0.3, -0.25) is 0 Å². The summed E-state index contributed by atoms with van der Waals surface area (Å²) >= 11 is 14.2. The standard InChI is InChI=1S/C16H16BrCl2F3O2/c1-6-12(20)11(17)7(14(22)13(6)21)5-24-15(23)10-8(4-9(18)19)16(10,2)3/h4,8,10,15,23H,5H2,1-3H3. The van der Waals surface area contributed by atoms with E-state index in [-0.39, 0.29) is 31.8 Å². The molecule has 0 bridgehead atoms. The predicted molar refractivity (Wildman–Crippen MR) is 90.1 cm³/mol. The van der Waals surface area contributed by atoms with E-state index >= 15 is 0 Å². The van der Waals surface area contributed by atoms with E-state index in [0.717, 1.165) is 6.92 Å². The minimum Gasteiger partial charge on any atom is -0.368 e. The van der Waals surface area contributed by atoms with Crippen LogP contribution >= 0.6 is 39.1 Å². The lowest BCUT2D eigenvalue weighted by Crippen LogP contribution is -2.18. The van der Waals surface area contributed by atoms with Crippen LogP contribution in [0.25, 0.3) is 0 Å². The molecule has 0 spiro atoms. The summed E-state index contributed by atoms with van der Waals surface area (Å²) < 4.78 is 46.6. The molecule has 0 aromatic heterocycles. The number of allylic oxidation sites excluding steroid dienone is 1. The Balaban J connectivity index is 2.14. The Morgan fingerprint density at radius 3 is 2.42 bits per heavy atom. The molecule has 1 aliphatic rings. The maximum absolute atomic E-state index is 14.0. The van der Waals surface area contributed by atoms with Crippen molar-refractivity contribution >= 4 is 39.1 Å². The summed E-state index contributed by atoms with van der Waals surface area (Å²) in [6, 6.07) is 0. The number of ether oxygens (including phenoxy) is 1. The van der Waals surface area contributed by atoms with Crippen LogP contribution in [0.5, 0.6) is 0 Å². The van der Waals surface area contributed by atoms with Crippen molar-refractivity contribution in [1.82, 2.24) is 0 Å². The van der Waals surface area contributed by atoms with Gasteiger partial charge in [0.25, 0.3) is 0 Å². The van der Waals surface area contributed by atoms with Crippen LogP contribution in [-0.4, -0.2) is 11.4 Å². The Morgan fingerprint density at radius 2 is 1.88 bits per heavy atom. The monoisotopic (exact) mass is 446 g/mol. The zero-order chi connectivity index (χ0) is 18.4. The molecule has 1 N–H and O–H groups in total. The van der Waals surface area contributed by atoms with E-state index in [9.17, 15) is 18.3 Å². The Hall–Kier alpha value is -0.270. The second-order valence-corrected chi connectivity index (χ2v) is 8.19. The fraction of sp³-hybridized carbons (Fsp3) is 0.500. The number of hydrogen-bond acceptors (Lipinski definition) is 2. The first-order valence-electron chi connectivity index (χ1n) is 7.14. The first-order chi connectivity index (χ1) is 11.0. The molecule has 0 heterocycles. The first-order valence-corrected chi connectivity index (χ1v) is 8.68. The van der Waals surface area contributed by atoms with Crippen LogP contribution in [0.1, 0.15) is 25.0 Å². The normalized spacial score (nSPS) is 23.1. The summed E-state index contributed by atoms with van der Waals surface area (Å²) in [5.41, 5.74) is -1.06. The van der Waals surface area contributed by atoms with Gasteiger partial charge < -0.3 is 9.84 Å². The van der Waals surface area contributed by atoms with E-state index in [2.05, 4.69) is 15.9 Å². The largest absolute Gasteiger partial charge is 0.368 e. The molecule has 2 rings (SSSR count). The van der Waals surface area contributed by atoms with Gasteiger partial charge >= 0.3 is 0 Å². The zero-order valence-electron chi connectivity index (χ0n) is 13.1. The summed E-state index contributed by atoms with van der Waals surface area (Å²) in [7, 11) is 0. The van der Waals surface area contributed by atoms with Crippen LogP contribution in [0.3, 0.4) is 0 Å². The highest BCUT2D eigenvalue weighted by Gasteiger charge is 2.60. The highest BCUT2D eigenvalue weighted by atomic mass is 79.9. The van der Waals surface area contributed by atoms with E-state index in [0.29, 0.717) is 0 Å². The van der Waals surface area contributed by atoms with E-state index in [1.807, 2.05) is 13.8 Å². The smallest absolute Gasteiger partial charge is 0.165 e. The van der Waals surface area contributed by atoms with Crippen molar-refractivity contribution in [1.29, 1.82) is 0 Å². The molecule has 24 heavy (non-hydrogen) atoms. The fourth-order valence-corrected chi connectivity index (χ4v) is 3.76. The molecule has 134 valence electrons. The number of rotatable bonds is 5. The highest BCUT2D eigenvalue weighted by Crippen LogP contribution is 2.61. The van der Waals surface area contributed by atoms with Gasteiger partial charge in [0, 0.05) is 17.0 Å². The van der Waals surface area contributed by atoms with Gasteiger partial charge in [-0.1, -0.05) is 43.1 Å². The lowest BCUT2D eigenvalue weighted by Gasteiger charge is -2.16. The third-order valence-corrected chi connectivity index (χ3v) is 5.66. The summed E-state index contributed by atoms with van der Waals surface area (Å²) in [6.45, 7) is 4.44. The first kappa shape index (κ1) is 20.0. The molecular weight excluding hydrogens is 432 g/mol. The molecule has 1 fully saturated rings. The van der Waals surface area contributed by atoms with Crippen LogP contribution in [0.2, 0.25) is 0 Å². The minimum absolute atomic E-state index is 0.0826. The molecule has 0 radical (unpaired) electrons. The van der Waals surface area contributed by atoms with E-state index < -0.39 is 35.9 Å². The third kappa shape index (κ3) is 3.63. The Labute approximate surface area is 156 Å². The maximum atomic E-state index is 14.0. The number of aliphatic hydroxyl groups is 1. The van der Waals surface area contributed by atoms with Crippen LogP contribution in [0.15, 0.2) is 15.0 Å². The van der Waals surface area contributed by atoms with Gasteiger partial charge in [-0.05, 0) is 34.2 Å². The van der Waals surface area contributed by atoms with Crippen molar-refractivity contribution < 1.29 is 23.0 Å². The minimum atomic E-state index is -1.27. The Kier molecular flexibility index (Phi) is 5.98. The maximum Gasteiger partial charge on any atom is 0.165 e. The topological polar surface area (TPSA) is 29.5 Å². The van der Waals surface area contributed by atoms with Crippen molar-refractivity contribution in [2.45, 2.75) is 33.7 Å².